The van der Waals surface area contributed by atoms with Crippen LogP contribution >= 0.6 is 0 Å². The minimum Gasteiger partial charge on any atom is -0.380 e. The molecule has 18 heavy (non-hydrogen) atoms. The Morgan fingerprint density at radius 2 is 1.44 bits per heavy atom. The molecule has 0 aliphatic carbocycles. The van der Waals surface area contributed by atoms with Gasteiger partial charge in [-0.15, -0.1) is 0 Å². The second-order valence-corrected chi connectivity index (χ2v) is 5.42. The van der Waals surface area contributed by atoms with E-state index in [0.29, 0.717) is 12.1 Å². The highest BCUT2D eigenvalue weighted by atomic mass is 16.5. The predicted octanol–water partition coefficient (Wildman–Crippen LogP) is 4.53. The highest BCUT2D eigenvalue weighted by Crippen LogP contribution is 2.11. The highest BCUT2D eigenvalue weighted by Gasteiger charge is 2.11. The third-order valence-electron chi connectivity index (χ3n) is 3.40. The Hall–Kier alpha value is -0.0800. The van der Waals surface area contributed by atoms with Gasteiger partial charge in [0, 0.05) is 18.7 Å². The first kappa shape index (κ1) is 17.9. The monoisotopic (exact) mass is 257 g/mol. The molecule has 0 aromatic carbocycles. The van der Waals surface area contributed by atoms with Crippen molar-refractivity contribution in [2.75, 3.05) is 13.2 Å². The second kappa shape index (κ2) is 13.4. The Morgan fingerprint density at radius 3 is 1.89 bits per heavy atom. The van der Waals surface area contributed by atoms with Gasteiger partial charge in [-0.05, 0) is 26.7 Å². The van der Waals surface area contributed by atoms with Crippen LogP contribution in [0.2, 0.25) is 0 Å². The zero-order chi connectivity index (χ0) is 13.6. The van der Waals surface area contributed by atoms with Gasteiger partial charge >= 0.3 is 0 Å². The molecule has 0 heterocycles. The van der Waals surface area contributed by atoms with Crippen molar-refractivity contribution in [1.29, 1.82) is 0 Å². The molecule has 2 nitrogen and oxygen atoms in total. The molecule has 0 aromatic heterocycles. The van der Waals surface area contributed by atoms with Crippen LogP contribution in [0.4, 0.5) is 0 Å². The molecule has 0 aliphatic rings. The van der Waals surface area contributed by atoms with E-state index in [0.717, 1.165) is 13.2 Å². The van der Waals surface area contributed by atoms with Crippen LogP contribution in [0.25, 0.3) is 0 Å². The van der Waals surface area contributed by atoms with Crippen molar-refractivity contribution in [3.05, 3.63) is 0 Å². The minimum absolute atomic E-state index is 0.484. The molecular formula is C16H35NO. The number of ether oxygens (including phenoxy) is 1. The standard InChI is InChI=1S/C16H35NO/c1-5-8-10-12-16(13-11-9-6-2)17-15(4)14-18-7-3/h15-17H,5-14H2,1-4H3. The van der Waals surface area contributed by atoms with Crippen LogP contribution in [0.1, 0.15) is 79.1 Å². The van der Waals surface area contributed by atoms with Crippen LogP contribution in [-0.2, 0) is 4.74 Å². The van der Waals surface area contributed by atoms with Crippen molar-refractivity contribution in [1.82, 2.24) is 5.32 Å². The molecule has 0 saturated heterocycles. The van der Waals surface area contributed by atoms with E-state index < -0.39 is 0 Å². The summed E-state index contributed by atoms with van der Waals surface area (Å²) in [6, 6.07) is 1.18. The van der Waals surface area contributed by atoms with Gasteiger partial charge in [-0.2, -0.15) is 0 Å². The average molecular weight is 257 g/mol. The number of rotatable bonds is 13. The van der Waals surface area contributed by atoms with E-state index in [1.54, 1.807) is 0 Å². The third-order valence-corrected chi connectivity index (χ3v) is 3.40. The first-order chi connectivity index (χ1) is 8.74. The maximum atomic E-state index is 5.48. The van der Waals surface area contributed by atoms with Crippen LogP contribution < -0.4 is 5.32 Å². The lowest BCUT2D eigenvalue weighted by Gasteiger charge is -2.23. The average Bonchev–Trinajstić information content (AvgIpc) is 2.36. The molecular weight excluding hydrogens is 222 g/mol. The molecule has 2 heteroatoms. The molecule has 0 amide bonds. The van der Waals surface area contributed by atoms with E-state index in [-0.39, 0.29) is 0 Å². The molecule has 0 spiro atoms. The van der Waals surface area contributed by atoms with E-state index in [2.05, 4.69) is 33.0 Å². The lowest BCUT2D eigenvalue weighted by atomic mass is 10.0. The van der Waals surface area contributed by atoms with Crippen molar-refractivity contribution in [3.63, 3.8) is 0 Å². The maximum Gasteiger partial charge on any atom is 0.0616 e. The van der Waals surface area contributed by atoms with E-state index in [1.165, 1.54) is 51.4 Å². The summed E-state index contributed by atoms with van der Waals surface area (Å²) in [5.74, 6) is 0. The van der Waals surface area contributed by atoms with Gasteiger partial charge in [0.05, 0.1) is 6.61 Å². The summed E-state index contributed by atoms with van der Waals surface area (Å²) in [5, 5.41) is 3.74. The van der Waals surface area contributed by atoms with Crippen LogP contribution in [0.3, 0.4) is 0 Å². The van der Waals surface area contributed by atoms with Crippen molar-refractivity contribution in [3.8, 4) is 0 Å². The summed E-state index contributed by atoms with van der Waals surface area (Å²) >= 11 is 0. The molecule has 110 valence electrons. The van der Waals surface area contributed by atoms with E-state index >= 15 is 0 Å². The van der Waals surface area contributed by atoms with E-state index in [1.807, 2.05) is 0 Å². The van der Waals surface area contributed by atoms with Crippen LogP contribution in [-0.4, -0.2) is 25.3 Å². The fourth-order valence-electron chi connectivity index (χ4n) is 2.34. The van der Waals surface area contributed by atoms with E-state index in [4.69, 9.17) is 4.74 Å². The van der Waals surface area contributed by atoms with Gasteiger partial charge in [-0.25, -0.2) is 0 Å². The first-order valence-corrected chi connectivity index (χ1v) is 8.08. The van der Waals surface area contributed by atoms with Gasteiger partial charge in [0.1, 0.15) is 0 Å². The molecule has 1 unspecified atom stereocenters. The fraction of sp³-hybridized carbons (Fsp3) is 1.00. The lowest BCUT2D eigenvalue weighted by molar-refractivity contribution is 0.122. The molecule has 0 radical (unpaired) electrons. The van der Waals surface area contributed by atoms with Gasteiger partial charge in [0.15, 0.2) is 0 Å². The molecule has 0 bridgehead atoms. The zero-order valence-corrected chi connectivity index (χ0v) is 13.1. The SMILES string of the molecule is CCCCCC(CCCCC)NC(C)COCC. The first-order valence-electron chi connectivity index (χ1n) is 8.08. The predicted molar refractivity (Wildman–Crippen MR) is 81.2 cm³/mol. The van der Waals surface area contributed by atoms with Gasteiger partial charge in [-0.1, -0.05) is 52.4 Å². The van der Waals surface area contributed by atoms with E-state index in [9.17, 15) is 0 Å². The van der Waals surface area contributed by atoms with Gasteiger partial charge in [-0.3, -0.25) is 0 Å². The molecule has 1 atom stereocenters. The highest BCUT2D eigenvalue weighted by molar-refractivity contribution is 4.71. The fourth-order valence-corrected chi connectivity index (χ4v) is 2.34. The maximum absolute atomic E-state index is 5.48. The topological polar surface area (TPSA) is 21.3 Å². The Morgan fingerprint density at radius 1 is 0.889 bits per heavy atom. The summed E-state index contributed by atoms with van der Waals surface area (Å²) in [7, 11) is 0. The summed E-state index contributed by atoms with van der Waals surface area (Å²) < 4.78 is 5.48. The smallest absolute Gasteiger partial charge is 0.0616 e. The largest absolute Gasteiger partial charge is 0.380 e. The van der Waals surface area contributed by atoms with Crippen molar-refractivity contribution >= 4 is 0 Å². The summed E-state index contributed by atoms with van der Waals surface area (Å²) in [5.41, 5.74) is 0. The molecule has 0 rings (SSSR count). The Balaban J connectivity index is 3.85. The Kier molecular flexibility index (Phi) is 13.3. The normalized spacial score (nSPS) is 13.2. The second-order valence-electron chi connectivity index (χ2n) is 5.42. The van der Waals surface area contributed by atoms with Gasteiger partial charge < -0.3 is 10.1 Å². The third kappa shape index (κ3) is 11.0. The quantitative estimate of drug-likeness (QED) is 0.489. The Labute approximate surface area is 115 Å². The molecule has 0 saturated carbocycles. The van der Waals surface area contributed by atoms with Crippen LogP contribution in [0.15, 0.2) is 0 Å². The van der Waals surface area contributed by atoms with Gasteiger partial charge in [0.25, 0.3) is 0 Å². The molecule has 0 fully saturated rings. The van der Waals surface area contributed by atoms with Crippen molar-refractivity contribution in [2.24, 2.45) is 0 Å². The number of unbranched alkanes of at least 4 members (excludes halogenated alkanes) is 4. The van der Waals surface area contributed by atoms with Crippen LogP contribution in [0, 0.1) is 0 Å². The number of nitrogens with one attached hydrogen (secondary N) is 1. The minimum atomic E-state index is 0.484. The van der Waals surface area contributed by atoms with Crippen LogP contribution in [0.5, 0.6) is 0 Å². The summed E-state index contributed by atoms with van der Waals surface area (Å²) in [6.07, 6.45) is 10.7. The molecule has 0 aromatic rings. The van der Waals surface area contributed by atoms with Crippen molar-refractivity contribution < 1.29 is 4.74 Å². The molecule has 0 aliphatic heterocycles. The van der Waals surface area contributed by atoms with Gasteiger partial charge in [0.2, 0.25) is 0 Å². The molecule has 1 N–H and O–H groups in total. The lowest BCUT2D eigenvalue weighted by Crippen LogP contribution is -2.39. The Bertz CT molecular complexity index is 151. The zero-order valence-electron chi connectivity index (χ0n) is 13.1. The van der Waals surface area contributed by atoms with Crippen molar-refractivity contribution in [2.45, 2.75) is 91.1 Å². The summed E-state index contributed by atoms with van der Waals surface area (Å²) in [4.78, 5) is 0. The number of hydrogen-bond acceptors (Lipinski definition) is 2. The number of hydrogen-bond donors (Lipinski definition) is 1. The summed E-state index contributed by atoms with van der Waals surface area (Å²) in [6.45, 7) is 10.5.